The predicted molar refractivity (Wildman–Crippen MR) is 122 cm³/mol. The summed E-state index contributed by atoms with van der Waals surface area (Å²) < 4.78 is 18.4. The minimum Gasteiger partial charge on any atom is -0.486 e. The molecule has 174 valence electrons. The number of carbonyl (C=O) groups is 2. The van der Waals surface area contributed by atoms with Crippen molar-refractivity contribution in [1.29, 1.82) is 0 Å². The van der Waals surface area contributed by atoms with Crippen LogP contribution >= 0.6 is 0 Å². The first kappa shape index (κ1) is 22.6. The molecule has 0 saturated carbocycles. The molecule has 0 bridgehead atoms. The van der Waals surface area contributed by atoms with E-state index in [0.717, 1.165) is 11.3 Å². The van der Waals surface area contributed by atoms with Gasteiger partial charge in [0, 0.05) is 19.6 Å². The number of amides is 2. The average molecular weight is 453 g/mol. The van der Waals surface area contributed by atoms with Gasteiger partial charge in [-0.3, -0.25) is 14.3 Å². The number of hydrogen-bond donors (Lipinski definition) is 1. The van der Waals surface area contributed by atoms with Crippen molar-refractivity contribution < 1.29 is 23.5 Å². The molecule has 33 heavy (non-hydrogen) atoms. The maximum atomic E-state index is 13.1. The number of aryl methyl sites for hydroxylation is 3. The lowest BCUT2D eigenvalue weighted by atomic mass is 10.1. The number of hydrogen-bond acceptors (Lipinski definition) is 6. The van der Waals surface area contributed by atoms with Crippen molar-refractivity contribution in [2.75, 3.05) is 31.6 Å². The van der Waals surface area contributed by atoms with Crippen molar-refractivity contribution in [3.8, 4) is 5.75 Å². The first-order valence-electron chi connectivity index (χ1n) is 11.0. The highest BCUT2D eigenvalue weighted by atomic mass is 16.5. The summed E-state index contributed by atoms with van der Waals surface area (Å²) in [5.74, 6) is 0.739. The molecule has 1 aliphatic heterocycles. The summed E-state index contributed by atoms with van der Waals surface area (Å²) >= 11 is 0. The van der Waals surface area contributed by atoms with E-state index in [-0.39, 0.29) is 18.3 Å². The van der Waals surface area contributed by atoms with Crippen LogP contribution in [0.25, 0.3) is 0 Å². The van der Waals surface area contributed by atoms with Crippen molar-refractivity contribution in [3.05, 3.63) is 64.9 Å². The molecule has 0 aliphatic carbocycles. The summed E-state index contributed by atoms with van der Waals surface area (Å²) in [6.45, 7) is 8.65. The fourth-order valence-corrected chi connectivity index (χ4v) is 3.58. The van der Waals surface area contributed by atoms with Crippen LogP contribution in [0.2, 0.25) is 0 Å². The van der Waals surface area contributed by atoms with Gasteiger partial charge in [0.15, 0.2) is 5.76 Å². The number of morpholine rings is 1. The quantitative estimate of drug-likeness (QED) is 0.590. The zero-order valence-corrected chi connectivity index (χ0v) is 19.1. The Kier molecular flexibility index (Phi) is 6.79. The molecule has 4 rings (SSSR count). The van der Waals surface area contributed by atoms with Gasteiger partial charge in [-0.25, -0.2) is 0 Å². The zero-order valence-electron chi connectivity index (χ0n) is 19.1. The Balaban J connectivity index is 1.43. The molecule has 9 nitrogen and oxygen atoms in total. The Labute approximate surface area is 192 Å². The second-order valence-electron chi connectivity index (χ2n) is 7.88. The number of anilines is 1. The van der Waals surface area contributed by atoms with Crippen LogP contribution in [-0.2, 0) is 17.9 Å². The van der Waals surface area contributed by atoms with Crippen molar-refractivity contribution >= 4 is 17.5 Å². The first-order valence-corrected chi connectivity index (χ1v) is 11.0. The van der Waals surface area contributed by atoms with Gasteiger partial charge >= 0.3 is 0 Å². The molecule has 2 aromatic heterocycles. The normalized spacial score (nSPS) is 13.7. The van der Waals surface area contributed by atoms with Gasteiger partial charge in [-0.15, -0.1) is 0 Å². The highest BCUT2D eigenvalue weighted by Gasteiger charge is 2.26. The molecule has 0 unspecified atom stereocenters. The van der Waals surface area contributed by atoms with Crippen LogP contribution in [0.3, 0.4) is 0 Å². The van der Waals surface area contributed by atoms with Gasteiger partial charge in [-0.1, -0.05) is 6.07 Å². The number of furan rings is 1. The molecular formula is C24H28N4O5. The lowest BCUT2D eigenvalue weighted by molar-refractivity contribution is 0.0295. The van der Waals surface area contributed by atoms with Gasteiger partial charge in [0.25, 0.3) is 11.8 Å². The van der Waals surface area contributed by atoms with Crippen LogP contribution in [0.1, 0.15) is 44.9 Å². The molecule has 1 aromatic carbocycles. The minimum absolute atomic E-state index is 0.128. The summed E-state index contributed by atoms with van der Waals surface area (Å²) in [7, 11) is 0. The number of ether oxygens (including phenoxy) is 2. The van der Waals surface area contributed by atoms with Gasteiger partial charge in [0.05, 0.1) is 25.1 Å². The summed E-state index contributed by atoms with van der Waals surface area (Å²) in [6, 6.07) is 9.15. The van der Waals surface area contributed by atoms with Gasteiger partial charge in [-0.05, 0) is 56.2 Å². The standard InChI is InChI=1S/C24H28N4O5/c1-4-28-22(24(30)27-9-11-31-12-10-27)20(14-25-28)26-23(29)21-8-7-19(33-21)15-32-18-6-5-16(2)17(3)13-18/h5-8,13-14H,4,9-12,15H2,1-3H3,(H,26,29). The van der Waals surface area contributed by atoms with Crippen LogP contribution in [0, 0.1) is 13.8 Å². The van der Waals surface area contributed by atoms with E-state index in [4.69, 9.17) is 13.9 Å². The monoisotopic (exact) mass is 452 g/mol. The third-order valence-electron chi connectivity index (χ3n) is 5.63. The first-order chi connectivity index (χ1) is 16.0. The van der Waals surface area contributed by atoms with E-state index in [2.05, 4.69) is 10.4 Å². The van der Waals surface area contributed by atoms with Crippen molar-refractivity contribution in [2.24, 2.45) is 0 Å². The SMILES string of the molecule is CCn1ncc(NC(=O)c2ccc(COc3ccc(C)c(C)c3)o2)c1C(=O)N1CCOCC1. The number of carbonyl (C=O) groups excluding carboxylic acids is 2. The molecule has 0 spiro atoms. The van der Waals surface area contributed by atoms with E-state index in [1.165, 1.54) is 11.8 Å². The zero-order chi connectivity index (χ0) is 23.4. The Morgan fingerprint density at radius 3 is 2.64 bits per heavy atom. The van der Waals surface area contributed by atoms with E-state index < -0.39 is 5.91 Å². The molecule has 2 amide bonds. The molecule has 1 saturated heterocycles. The lowest BCUT2D eigenvalue weighted by Gasteiger charge is -2.27. The predicted octanol–water partition coefficient (Wildman–Crippen LogP) is 3.42. The second kappa shape index (κ2) is 9.91. The summed E-state index contributed by atoms with van der Waals surface area (Å²) in [5, 5.41) is 7.02. The Morgan fingerprint density at radius 2 is 1.91 bits per heavy atom. The summed E-state index contributed by atoms with van der Waals surface area (Å²) in [4.78, 5) is 27.6. The van der Waals surface area contributed by atoms with E-state index >= 15 is 0 Å². The summed E-state index contributed by atoms with van der Waals surface area (Å²) in [5.41, 5.74) is 3.03. The number of benzene rings is 1. The molecule has 1 fully saturated rings. The Bertz CT molecular complexity index is 1140. The van der Waals surface area contributed by atoms with Crippen LogP contribution < -0.4 is 10.1 Å². The van der Waals surface area contributed by atoms with E-state index in [0.29, 0.717) is 50.0 Å². The third kappa shape index (κ3) is 5.09. The number of aromatic nitrogens is 2. The molecular weight excluding hydrogens is 424 g/mol. The van der Waals surface area contributed by atoms with E-state index in [1.54, 1.807) is 21.7 Å². The molecule has 3 aromatic rings. The van der Waals surface area contributed by atoms with Crippen LogP contribution in [0.5, 0.6) is 5.75 Å². The minimum atomic E-state index is -0.459. The van der Waals surface area contributed by atoms with E-state index in [9.17, 15) is 9.59 Å². The second-order valence-corrected chi connectivity index (χ2v) is 7.88. The molecule has 0 radical (unpaired) electrons. The topological polar surface area (TPSA) is 98.8 Å². The third-order valence-corrected chi connectivity index (χ3v) is 5.63. The molecule has 9 heteroatoms. The maximum Gasteiger partial charge on any atom is 0.291 e. The summed E-state index contributed by atoms with van der Waals surface area (Å²) in [6.07, 6.45) is 1.49. The Hall–Kier alpha value is -3.59. The smallest absolute Gasteiger partial charge is 0.291 e. The highest BCUT2D eigenvalue weighted by molar-refractivity contribution is 6.07. The fraction of sp³-hybridized carbons (Fsp3) is 0.375. The van der Waals surface area contributed by atoms with Crippen molar-refractivity contribution in [3.63, 3.8) is 0 Å². The number of rotatable bonds is 7. The van der Waals surface area contributed by atoms with Gasteiger partial charge < -0.3 is 24.1 Å². The van der Waals surface area contributed by atoms with Crippen molar-refractivity contribution in [2.45, 2.75) is 33.9 Å². The molecule has 1 aliphatic rings. The largest absolute Gasteiger partial charge is 0.486 e. The van der Waals surface area contributed by atoms with Crippen LogP contribution in [0.4, 0.5) is 5.69 Å². The molecule has 0 atom stereocenters. The molecule has 1 N–H and O–H groups in total. The van der Waals surface area contributed by atoms with Crippen LogP contribution in [0.15, 0.2) is 40.9 Å². The van der Waals surface area contributed by atoms with Crippen LogP contribution in [-0.4, -0.2) is 52.8 Å². The van der Waals surface area contributed by atoms with Gasteiger partial charge in [-0.2, -0.15) is 5.10 Å². The Morgan fingerprint density at radius 1 is 1.12 bits per heavy atom. The molecule has 3 heterocycles. The average Bonchev–Trinajstić information content (AvgIpc) is 3.47. The van der Waals surface area contributed by atoms with Crippen molar-refractivity contribution in [1.82, 2.24) is 14.7 Å². The lowest BCUT2D eigenvalue weighted by Crippen LogP contribution is -2.41. The van der Waals surface area contributed by atoms with Gasteiger partial charge in [0.1, 0.15) is 23.8 Å². The van der Waals surface area contributed by atoms with E-state index in [1.807, 2.05) is 39.0 Å². The van der Waals surface area contributed by atoms with Gasteiger partial charge in [0.2, 0.25) is 0 Å². The number of nitrogens with one attached hydrogen (secondary N) is 1. The number of nitrogens with zero attached hydrogens (tertiary/aromatic N) is 3. The fourth-order valence-electron chi connectivity index (χ4n) is 3.58. The highest BCUT2D eigenvalue weighted by Crippen LogP contribution is 2.21. The maximum absolute atomic E-state index is 13.1.